The molecule has 1 aliphatic heterocycles. The Kier molecular flexibility index (Phi) is 5.87. The minimum absolute atomic E-state index is 0.115. The molecule has 144 valence electrons. The van der Waals surface area contributed by atoms with Gasteiger partial charge in [-0.3, -0.25) is 4.79 Å². The molecule has 0 saturated carbocycles. The molecule has 1 amide bonds. The molecule has 4 rings (SSSR count). The molecule has 0 radical (unpaired) electrons. The molecular formula is C22H23N3O2S. The normalized spacial score (nSPS) is 13.9. The lowest BCUT2D eigenvalue weighted by atomic mass is 10.1. The summed E-state index contributed by atoms with van der Waals surface area (Å²) in [6.45, 7) is 2.51. The molecular weight excluding hydrogens is 370 g/mol. The number of carbonyl (C=O) groups is 1. The van der Waals surface area contributed by atoms with Crippen molar-refractivity contribution in [3.63, 3.8) is 0 Å². The second-order valence-corrected chi connectivity index (χ2v) is 7.53. The number of para-hydroxylation sites is 2. The van der Waals surface area contributed by atoms with E-state index in [-0.39, 0.29) is 5.91 Å². The number of benzene rings is 2. The van der Waals surface area contributed by atoms with Gasteiger partial charge in [0.25, 0.3) is 5.91 Å². The van der Waals surface area contributed by atoms with Crippen molar-refractivity contribution in [2.75, 3.05) is 23.3 Å². The fraction of sp³-hybridized carbons (Fsp3) is 0.273. The molecule has 6 heteroatoms. The fourth-order valence-corrected chi connectivity index (χ4v) is 3.90. The van der Waals surface area contributed by atoms with Gasteiger partial charge in [-0.05, 0) is 55.7 Å². The maximum absolute atomic E-state index is 12.7. The van der Waals surface area contributed by atoms with Crippen molar-refractivity contribution in [1.29, 1.82) is 0 Å². The number of piperidine rings is 1. The number of hydrogen-bond acceptors (Lipinski definition) is 5. The van der Waals surface area contributed by atoms with Crippen molar-refractivity contribution >= 4 is 28.6 Å². The van der Waals surface area contributed by atoms with Crippen molar-refractivity contribution in [3.8, 4) is 5.75 Å². The zero-order valence-electron chi connectivity index (χ0n) is 15.6. The number of nitrogens with zero attached hydrogens (tertiary/aromatic N) is 2. The fourth-order valence-electron chi connectivity index (χ4n) is 3.35. The summed E-state index contributed by atoms with van der Waals surface area (Å²) in [6, 6.07) is 15.2. The van der Waals surface area contributed by atoms with Crippen molar-refractivity contribution in [2.24, 2.45) is 0 Å². The van der Waals surface area contributed by atoms with Gasteiger partial charge < -0.3 is 15.0 Å². The number of nitrogens with one attached hydrogen (secondary N) is 1. The van der Waals surface area contributed by atoms with Crippen LogP contribution in [0.1, 0.15) is 35.3 Å². The highest BCUT2D eigenvalue weighted by molar-refractivity contribution is 7.07. The molecule has 5 nitrogen and oxygen atoms in total. The van der Waals surface area contributed by atoms with Crippen molar-refractivity contribution in [3.05, 3.63) is 70.7 Å². The van der Waals surface area contributed by atoms with Crippen LogP contribution in [0.2, 0.25) is 0 Å². The summed E-state index contributed by atoms with van der Waals surface area (Å²) in [4.78, 5) is 19.3. The molecule has 1 aromatic heterocycles. The Morgan fingerprint density at radius 3 is 2.61 bits per heavy atom. The van der Waals surface area contributed by atoms with Crippen LogP contribution >= 0.6 is 11.3 Å². The van der Waals surface area contributed by atoms with Gasteiger partial charge in [-0.15, -0.1) is 11.3 Å². The average Bonchev–Trinajstić information content (AvgIpc) is 3.27. The van der Waals surface area contributed by atoms with E-state index >= 15 is 0 Å². The number of thiazole rings is 1. The van der Waals surface area contributed by atoms with Crippen molar-refractivity contribution in [2.45, 2.75) is 25.9 Å². The SMILES string of the molecule is O=C(Nc1ccccc1N1CCCCC1)c1ccc(OCc2cscn2)cc1. The lowest BCUT2D eigenvalue weighted by Crippen LogP contribution is -2.30. The van der Waals surface area contributed by atoms with E-state index in [4.69, 9.17) is 4.74 Å². The third kappa shape index (κ3) is 4.51. The molecule has 28 heavy (non-hydrogen) atoms. The first kappa shape index (κ1) is 18.5. The van der Waals surface area contributed by atoms with E-state index in [2.05, 4.69) is 21.3 Å². The van der Waals surface area contributed by atoms with Gasteiger partial charge in [0, 0.05) is 24.0 Å². The summed E-state index contributed by atoms with van der Waals surface area (Å²) in [5.74, 6) is 0.605. The molecule has 0 unspecified atom stereocenters. The van der Waals surface area contributed by atoms with Crippen LogP contribution in [0.5, 0.6) is 5.75 Å². The largest absolute Gasteiger partial charge is 0.487 e. The standard InChI is InChI=1S/C22H23N3O2S/c26-22(17-8-10-19(11-9-17)27-14-18-15-28-16-23-18)24-20-6-2-3-7-21(20)25-12-4-1-5-13-25/h2-3,6-11,15-16H,1,4-5,12-14H2,(H,24,26). The zero-order chi connectivity index (χ0) is 19.2. The quantitative estimate of drug-likeness (QED) is 0.643. The van der Waals surface area contributed by atoms with E-state index in [1.807, 2.05) is 35.7 Å². The monoisotopic (exact) mass is 393 g/mol. The maximum atomic E-state index is 12.7. The highest BCUT2D eigenvalue weighted by Crippen LogP contribution is 2.28. The number of amides is 1. The first-order chi connectivity index (χ1) is 13.8. The predicted molar refractivity (Wildman–Crippen MR) is 113 cm³/mol. The number of anilines is 2. The summed E-state index contributed by atoms with van der Waals surface area (Å²) in [6.07, 6.45) is 3.68. The minimum atomic E-state index is -0.115. The van der Waals surface area contributed by atoms with E-state index in [0.717, 1.165) is 35.9 Å². The second kappa shape index (κ2) is 8.89. The smallest absolute Gasteiger partial charge is 0.255 e. The Labute approximate surface area is 169 Å². The summed E-state index contributed by atoms with van der Waals surface area (Å²) >= 11 is 1.55. The van der Waals surface area contributed by atoms with Crippen LogP contribution < -0.4 is 15.0 Å². The van der Waals surface area contributed by atoms with Crippen molar-refractivity contribution in [1.82, 2.24) is 4.98 Å². The van der Waals surface area contributed by atoms with Gasteiger partial charge in [0.15, 0.2) is 0 Å². The Morgan fingerprint density at radius 2 is 1.86 bits per heavy atom. The summed E-state index contributed by atoms with van der Waals surface area (Å²) in [7, 11) is 0. The van der Waals surface area contributed by atoms with E-state index in [9.17, 15) is 4.79 Å². The van der Waals surface area contributed by atoms with Crippen LogP contribution in [-0.2, 0) is 6.61 Å². The minimum Gasteiger partial charge on any atom is -0.487 e. The topological polar surface area (TPSA) is 54.5 Å². The van der Waals surface area contributed by atoms with Gasteiger partial charge >= 0.3 is 0 Å². The van der Waals surface area contributed by atoms with Crippen LogP contribution in [-0.4, -0.2) is 24.0 Å². The van der Waals surface area contributed by atoms with Gasteiger partial charge in [0.1, 0.15) is 12.4 Å². The van der Waals surface area contributed by atoms with Gasteiger partial charge in [0.05, 0.1) is 22.6 Å². The molecule has 2 heterocycles. The lowest BCUT2D eigenvalue weighted by Gasteiger charge is -2.30. The molecule has 2 aromatic carbocycles. The molecule has 1 fully saturated rings. The van der Waals surface area contributed by atoms with Gasteiger partial charge in [-0.25, -0.2) is 4.98 Å². The highest BCUT2D eigenvalue weighted by Gasteiger charge is 2.16. The summed E-state index contributed by atoms with van der Waals surface area (Å²) < 4.78 is 5.71. The van der Waals surface area contributed by atoms with E-state index in [0.29, 0.717) is 12.2 Å². The molecule has 3 aromatic rings. The van der Waals surface area contributed by atoms with E-state index < -0.39 is 0 Å². The number of ether oxygens (including phenoxy) is 1. The first-order valence-corrected chi connectivity index (χ1v) is 10.5. The first-order valence-electron chi connectivity index (χ1n) is 9.55. The Bertz CT molecular complexity index is 904. The van der Waals surface area contributed by atoms with Crippen LogP contribution in [0.3, 0.4) is 0 Å². The lowest BCUT2D eigenvalue weighted by molar-refractivity contribution is 0.102. The molecule has 1 saturated heterocycles. The van der Waals surface area contributed by atoms with Gasteiger partial charge in [-0.2, -0.15) is 0 Å². The molecule has 1 N–H and O–H groups in total. The van der Waals surface area contributed by atoms with Crippen LogP contribution in [0.25, 0.3) is 0 Å². The van der Waals surface area contributed by atoms with Crippen molar-refractivity contribution < 1.29 is 9.53 Å². The molecule has 0 aliphatic carbocycles. The third-order valence-corrected chi connectivity index (χ3v) is 5.47. The maximum Gasteiger partial charge on any atom is 0.255 e. The number of rotatable bonds is 6. The molecule has 1 aliphatic rings. The second-order valence-electron chi connectivity index (χ2n) is 6.81. The number of aromatic nitrogens is 1. The third-order valence-electron chi connectivity index (χ3n) is 4.84. The Balaban J connectivity index is 1.41. The number of carbonyl (C=O) groups excluding carboxylic acids is 1. The summed E-state index contributed by atoms with van der Waals surface area (Å²) in [5, 5.41) is 5.03. The van der Waals surface area contributed by atoms with Crippen LogP contribution in [0.15, 0.2) is 59.4 Å². The van der Waals surface area contributed by atoms with Crippen LogP contribution in [0.4, 0.5) is 11.4 Å². The Morgan fingerprint density at radius 1 is 1.07 bits per heavy atom. The Hall–Kier alpha value is -2.86. The molecule has 0 atom stereocenters. The number of hydrogen-bond donors (Lipinski definition) is 1. The predicted octanol–water partition coefficient (Wildman–Crippen LogP) is 4.96. The molecule has 0 spiro atoms. The van der Waals surface area contributed by atoms with E-state index in [1.54, 1.807) is 29.0 Å². The van der Waals surface area contributed by atoms with Gasteiger partial charge in [-0.1, -0.05) is 12.1 Å². The summed E-state index contributed by atoms with van der Waals surface area (Å²) in [5.41, 5.74) is 5.25. The average molecular weight is 394 g/mol. The zero-order valence-corrected chi connectivity index (χ0v) is 16.5. The highest BCUT2D eigenvalue weighted by atomic mass is 32.1. The van der Waals surface area contributed by atoms with Crippen LogP contribution in [0, 0.1) is 0 Å². The van der Waals surface area contributed by atoms with Gasteiger partial charge in [0.2, 0.25) is 0 Å². The van der Waals surface area contributed by atoms with E-state index in [1.165, 1.54) is 19.3 Å². The molecule has 0 bridgehead atoms.